The molecule has 0 rings (SSSR count). The van der Waals surface area contributed by atoms with Crippen molar-refractivity contribution in [2.45, 2.75) is 25.9 Å². The Balaban J connectivity index is 3.27. The largest absolute Gasteiger partial charge is 0.411 e. The molecular formula is C10H15F3O. The number of alkyl halides is 3. The summed E-state index contributed by atoms with van der Waals surface area (Å²) in [7, 11) is 0. The summed E-state index contributed by atoms with van der Waals surface area (Å²) in [5, 5.41) is 0. The fourth-order valence-electron chi connectivity index (χ4n) is 0.788. The molecule has 0 aliphatic rings. The Morgan fingerprint density at radius 3 is 2.29 bits per heavy atom. The summed E-state index contributed by atoms with van der Waals surface area (Å²) in [6, 6.07) is 0. The minimum atomic E-state index is -4.22. The van der Waals surface area contributed by atoms with E-state index in [2.05, 4.69) is 4.74 Å². The van der Waals surface area contributed by atoms with E-state index in [0.717, 1.165) is 12.8 Å². The van der Waals surface area contributed by atoms with E-state index < -0.39 is 12.8 Å². The minimum absolute atomic E-state index is 0.0232. The smallest absolute Gasteiger partial charge is 0.368 e. The molecule has 0 heterocycles. The second-order valence-corrected chi connectivity index (χ2v) is 2.75. The standard InChI is InChI=1S/C10H15F3O/c1-2-3-4-5-6-7-8-14-9-10(11,12)13/h2-3,6-7H,4-5,8-9H2,1H3. The van der Waals surface area contributed by atoms with Gasteiger partial charge in [-0.05, 0) is 19.8 Å². The molecule has 4 heteroatoms. The zero-order valence-corrected chi connectivity index (χ0v) is 8.18. The highest BCUT2D eigenvalue weighted by Gasteiger charge is 2.26. The van der Waals surface area contributed by atoms with E-state index in [1.54, 1.807) is 6.08 Å². The molecule has 0 fully saturated rings. The Kier molecular flexibility index (Phi) is 7.20. The van der Waals surface area contributed by atoms with Gasteiger partial charge in [-0.15, -0.1) is 0 Å². The first kappa shape index (κ1) is 13.2. The molecule has 0 aromatic heterocycles. The van der Waals surface area contributed by atoms with Crippen molar-refractivity contribution in [1.82, 2.24) is 0 Å². The molecule has 0 saturated heterocycles. The summed E-state index contributed by atoms with van der Waals surface area (Å²) in [4.78, 5) is 0. The summed E-state index contributed by atoms with van der Waals surface area (Å²) in [6.07, 6.45) is 4.88. The van der Waals surface area contributed by atoms with E-state index in [1.807, 2.05) is 25.2 Å². The van der Waals surface area contributed by atoms with Gasteiger partial charge < -0.3 is 4.74 Å². The Labute approximate surface area is 82.3 Å². The van der Waals surface area contributed by atoms with Crippen LogP contribution in [0.3, 0.4) is 0 Å². The fraction of sp³-hybridized carbons (Fsp3) is 0.600. The van der Waals surface area contributed by atoms with E-state index >= 15 is 0 Å². The Morgan fingerprint density at radius 2 is 1.71 bits per heavy atom. The molecule has 14 heavy (non-hydrogen) atoms. The van der Waals surface area contributed by atoms with Crippen molar-refractivity contribution < 1.29 is 17.9 Å². The van der Waals surface area contributed by atoms with Crippen molar-refractivity contribution in [2.75, 3.05) is 13.2 Å². The van der Waals surface area contributed by atoms with Gasteiger partial charge in [0.15, 0.2) is 0 Å². The maximum absolute atomic E-state index is 11.6. The van der Waals surface area contributed by atoms with Gasteiger partial charge in [-0.1, -0.05) is 24.3 Å². The monoisotopic (exact) mass is 208 g/mol. The Morgan fingerprint density at radius 1 is 1.07 bits per heavy atom. The van der Waals surface area contributed by atoms with Crippen LogP contribution < -0.4 is 0 Å². The second-order valence-electron chi connectivity index (χ2n) is 2.75. The zero-order chi connectivity index (χ0) is 10.9. The van der Waals surface area contributed by atoms with Crippen LogP contribution in [0.15, 0.2) is 24.3 Å². The lowest BCUT2D eigenvalue weighted by Gasteiger charge is -2.04. The lowest BCUT2D eigenvalue weighted by Crippen LogP contribution is -2.16. The van der Waals surface area contributed by atoms with Crippen molar-refractivity contribution in [1.29, 1.82) is 0 Å². The average Bonchev–Trinajstić information content (AvgIpc) is 2.08. The van der Waals surface area contributed by atoms with E-state index in [9.17, 15) is 13.2 Å². The third-order valence-electron chi connectivity index (χ3n) is 1.38. The first-order valence-corrected chi connectivity index (χ1v) is 4.47. The molecular weight excluding hydrogens is 193 g/mol. The molecule has 0 atom stereocenters. The zero-order valence-electron chi connectivity index (χ0n) is 8.18. The first-order valence-electron chi connectivity index (χ1n) is 4.47. The molecule has 0 radical (unpaired) electrons. The number of ether oxygens (including phenoxy) is 1. The van der Waals surface area contributed by atoms with Crippen LogP contribution >= 0.6 is 0 Å². The van der Waals surface area contributed by atoms with Crippen molar-refractivity contribution in [2.24, 2.45) is 0 Å². The Hall–Kier alpha value is -0.770. The van der Waals surface area contributed by atoms with Crippen LogP contribution in [-0.2, 0) is 4.74 Å². The highest BCUT2D eigenvalue weighted by molar-refractivity contribution is 4.86. The van der Waals surface area contributed by atoms with Crippen molar-refractivity contribution >= 4 is 0 Å². The molecule has 0 saturated carbocycles. The molecule has 0 bridgehead atoms. The Bertz CT molecular complexity index is 182. The predicted octanol–water partition coefficient (Wildman–Crippen LogP) is 3.48. The average molecular weight is 208 g/mol. The molecule has 0 aromatic rings. The van der Waals surface area contributed by atoms with Gasteiger partial charge in [0.1, 0.15) is 6.61 Å². The highest BCUT2D eigenvalue weighted by Crippen LogP contribution is 2.14. The van der Waals surface area contributed by atoms with Gasteiger partial charge in [-0.3, -0.25) is 0 Å². The maximum atomic E-state index is 11.6. The van der Waals surface area contributed by atoms with Gasteiger partial charge in [-0.2, -0.15) is 13.2 Å². The minimum Gasteiger partial charge on any atom is -0.368 e. The molecule has 0 amide bonds. The molecule has 82 valence electrons. The molecule has 0 aliphatic carbocycles. The third kappa shape index (κ3) is 11.2. The third-order valence-corrected chi connectivity index (χ3v) is 1.38. The topological polar surface area (TPSA) is 9.23 Å². The number of allylic oxidation sites excluding steroid dienone is 3. The lowest BCUT2D eigenvalue weighted by molar-refractivity contribution is -0.171. The quantitative estimate of drug-likeness (QED) is 0.479. The van der Waals surface area contributed by atoms with Crippen molar-refractivity contribution in [3.63, 3.8) is 0 Å². The van der Waals surface area contributed by atoms with Crippen LogP contribution in [0, 0.1) is 0 Å². The lowest BCUT2D eigenvalue weighted by atomic mass is 10.3. The SMILES string of the molecule is CC=CCCC=CCOCC(F)(F)F. The van der Waals surface area contributed by atoms with Crippen molar-refractivity contribution in [3.05, 3.63) is 24.3 Å². The molecule has 0 unspecified atom stereocenters. The van der Waals surface area contributed by atoms with Crippen molar-refractivity contribution in [3.8, 4) is 0 Å². The molecule has 1 nitrogen and oxygen atoms in total. The number of hydrogen-bond donors (Lipinski definition) is 0. The maximum Gasteiger partial charge on any atom is 0.411 e. The van der Waals surface area contributed by atoms with Gasteiger partial charge in [0.25, 0.3) is 0 Å². The second kappa shape index (κ2) is 7.62. The number of hydrogen-bond acceptors (Lipinski definition) is 1. The normalized spacial score (nSPS) is 13.1. The summed E-state index contributed by atoms with van der Waals surface area (Å²) in [6.45, 7) is 0.776. The van der Waals surface area contributed by atoms with Gasteiger partial charge in [0.05, 0.1) is 6.61 Å². The van der Waals surface area contributed by atoms with Gasteiger partial charge in [0, 0.05) is 0 Å². The number of rotatable bonds is 6. The van der Waals surface area contributed by atoms with Crippen LogP contribution in [0.5, 0.6) is 0 Å². The highest BCUT2D eigenvalue weighted by atomic mass is 19.4. The number of unbranched alkanes of at least 4 members (excludes halogenated alkanes) is 1. The summed E-state index contributed by atoms with van der Waals surface area (Å²) in [5.41, 5.74) is 0. The molecule has 0 spiro atoms. The fourth-order valence-corrected chi connectivity index (χ4v) is 0.788. The van der Waals surface area contributed by atoms with Crippen LogP contribution in [-0.4, -0.2) is 19.4 Å². The van der Waals surface area contributed by atoms with Gasteiger partial charge in [-0.25, -0.2) is 0 Å². The number of halogens is 3. The predicted molar refractivity (Wildman–Crippen MR) is 50.1 cm³/mol. The van der Waals surface area contributed by atoms with Crippen LogP contribution in [0.4, 0.5) is 13.2 Å². The summed E-state index contributed by atoms with van der Waals surface area (Å²) in [5.74, 6) is 0. The van der Waals surface area contributed by atoms with Crippen LogP contribution in [0.25, 0.3) is 0 Å². The summed E-state index contributed by atoms with van der Waals surface area (Å²) >= 11 is 0. The first-order chi connectivity index (χ1) is 6.56. The van der Waals surface area contributed by atoms with E-state index in [0.29, 0.717) is 0 Å². The molecule has 0 N–H and O–H groups in total. The van der Waals surface area contributed by atoms with Crippen LogP contribution in [0.2, 0.25) is 0 Å². The molecule has 0 aromatic carbocycles. The van der Waals surface area contributed by atoms with E-state index in [4.69, 9.17) is 0 Å². The molecule has 0 aliphatic heterocycles. The summed E-state index contributed by atoms with van der Waals surface area (Å²) < 4.78 is 39.1. The van der Waals surface area contributed by atoms with Gasteiger partial charge in [0.2, 0.25) is 0 Å². The van der Waals surface area contributed by atoms with E-state index in [1.165, 1.54) is 0 Å². The van der Waals surface area contributed by atoms with E-state index in [-0.39, 0.29) is 6.61 Å². The van der Waals surface area contributed by atoms with Crippen LogP contribution in [0.1, 0.15) is 19.8 Å². The van der Waals surface area contributed by atoms with Gasteiger partial charge >= 0.3 is 6.18 Å².